The number of hydrogen-bond donors (Lipinski definition) is 1. The fourth-order valence-electron chi connectivity index (χ4n) is 2.36. The first-order chi connectivity index (χ1) is 9.86. The van der Waals surface area contributed by atoms with Crippen molar-refractivity contribution in [2.75, 3.05) is 5.73 Å². The predicted octanol–water partition coefficient (Wildman–Crippen LogP) is 3.84. The number of pyridine rings is 1. The molecule has 0 saturated heterocycles. The van der Waals surface area contributed by atoms with Crippen molar-refractivity contribution in [1.82, 2.24) is 9.55 Å². The van der Waals surface area contributed by atoms with Crippen LogP contribution in [-0.4, -0.2) is 9.55 Å². The summed E-state index contributed by atoms with van der Waals surface area (Å²) < 4.78 is 40.0. The molecule has 108 valence electrons. The Kier molecular flexibility index (Phi) is 2.90. The number of hydrogen-bond acceptors (Lipinski definition) is 2. The first kappa shape index (κ1) is 13.5. The Morgan fingerprint density at radius 1 is 1.14 bits per heavy atom. The fourth-order valence-corrected chi connectivity index (χ4v) is 2.36. The second kappa shape index (κ2) is 4.51. The number of fused-ring (bicyclic) bond motifs is 1. The molecule has 6 heteroatoms. The number of aryl methyl sites for hydroxylation is 1. The summed E-state index contributed by atoms with van der Waals surface area (Å²) in [5, 5.41) is 0.712. The summed E-state index contributed by atoms with van der Waals surface area (Å²) in [5.41, 5.74) is 7.53. The number of nitrogen functional groups attached to an aromatic ring is 1. The maximum absolute atomic E-state index is 12.8. The smallest absolute Gasteiger partial charge is 0.399 e. The number of anilines is 1. The van der Waals surface area contributed by atoms with Crippen molar-refractivity contribution >= 4 is 16.6 Å². The Balaban J connectivity index is 2.23. The standard InChI is InChI=1S/C15H12F3N3/c1-21-8-12(13-7-10(19)4-5-20-13)11-3-2-9(6-14(11)21)15(16,17)18/h2-8H,1H3,(H2,19,20). The summed E-state index contributed by atoms with van der Waals surface area (Å²) in [5.74, 6) is 0. The number of alkyl halides is 3. The van der Waals surface area contributed by atoms with Gasteiger partial charge in [-0.3, -0.25) is 4.98 Å². The zero-order valence-corrected chi connectivity index (χ0v) is 11.1. The van der Waals surface area contributed by atoms with Crippen LogP contribution in [0, 0.1) is 0 Å². The fraction of sp³-hybridized carbons (Fsp3) is 0.133. The van der Waals surface area contributed by atoms with Crippen LogP contribution in [0.25, 0.3) is 22.2 Å². The normalized spacial score (nSPS) is 12.0. The molecule has 3 aromatic rings. The lowest BCUT2D eigenvalue weighted by atomic mass is 10.1. The first-order valence-corrected chi connectivity index (χ1v) is 6.24. The van der Waals surface area contributed by atoms with E-state index in [9.17, 15) is 13.2 Å². The number of benzene rings is 1. The van der Waals surface area contributed by atoms with Crippen LogP contribution in [0.1, 0.15) is 5.56 Å². The van der Waals surface area contributed by atoms with E-state index in [2.05, 4.69) is 4.98 Å². The molecule has 0 aliphatic rings. The van der Waals surface area contributed by atoms with Gasteiger partial charge in [0.2, 0.25) is 0 Å². The SMILES string of the molecule is Cn1cc(-c2cc(N)ccn2)c2ccc(C(F)(F)F)cc21. The number of aromatic nitrogens is 2. The van der Waals surface area contributed by atoms with E-state index < -0.39 is 11.7 Å². The van der Waals surface area contributed by atoms with Gasteiger partial charge in [-0.1, -0.05) is 6.07 Å². The molecule has 0 unspecified atom stereocenters. The second-order valence-electron chi connectivity index (χ2n) is 4.86. The van der Waals surface area contributed by atoms with E-state index in [1.54, 1.807) is 36.1 Å². The summed E-state index contributed by atoms with van der Waals surface area (Å²) in [6.07, 6.45) is -1.02. The minimum atomic E-state index is -4.35. The van der Waals surface area contributed by atoms with Gasteiger partial charge in [0.15, 0.2) is 0 Å². The van der Waals surface area contributed by atoms with Crippen LogP contribution in [0.5, 0.6) is 0 Å². The van der Waals surface area contributed by atoms with E-state index >= 15 is 0 Å². The summed E-state index contributed by atoms with van der Waals surface area (Å²) >= 11 is 0. The third-order valence-electron chi connectivity index (χ3n) is 3.38. The highest BCUT2D eigenvalue weighted by molar-refractivity contribution is 5.95. The maximum atomic E-state index is 12.8. The second-order valence-corrected chi connectivity index (χ2v) is 4.86. The molecule has 2 heterocycles. The van der Waals surface area contributed by atoms with E-state index in [1.165, 1.54) is 6.07 Å². The maximum Gasteiger partial charge on any atom is 0.416 e. The zero-order chi connectivity index (χ0) is 15.2. The summed E-state index contributed by atoms with van der Waals surface area (Å²) in [7, 11) is 1.71. The van der Waals surface area contributed by atoms with Crippen LogP contribution >= 0.6 is 0 Å². The third kappa shape index (κ3) is 2.33. The topological polar surface area (TPSA) is 43.8 Å². The zero-order valence-electron chi connectivity index (χ0n) is 11.1. The lowest BCUT2D eigenvalue weighted by molar-refractivity contribution is -0.137. The van der Waals surface area contributed by atoms with Gasteiger partial charge in [0.1, 0.15) is 0 Å². The molecule has 0 amide bonds. The van der Waals surface area contributed by atoms with Gasteiger partial charge in [-0.25, -0.2) is 0 Å². The van der Waals surface area contributed by atoms with E-state index in [4.69, 9.17) is 5.73 Å². The van der Waals surface area contributed by atoms with Gasteiger partial charge in [0, 0.05) is 41.6 Å². The number of nitrogens with zero attached hydrogens (tertiary/aromatic N) is 2. The molecule has 2 aromatic heterocycles. The highest BCUT2D eigenvalue weighted by Crippen LogP contribution is 2.35. The molecule has 0 spiro atoms. The van der Waals surface area contributed by atoms with Gasteiger partial charge in [0.05, 0.1) is 11.3 Å². The molecule has 1 aromatic carbocycles. The Morgan fingerprint density at radius 2 is 1.90 bits per heavy atom. The number of rotatable bonds is 1. The molecule has 0 atom stereocenters. The van der Waals surface area contributed by atoms with E-state index in [0.717, 1.165) is 17.7 Å². The molecule has 0 bridgehead atoms. The average molecular weight is 291 g/mol. The molecule has 21 heavy (non-hydrogen) atoms. The van der Waals surface area contributed by atoms with E-state index in [-0.39, 0.29) is 0 Å². The molecule has 0 aliphatic heterocycles. The van der Waals surface area contributed by atoms with Gasteiger partial charge in [0.25, 0.3) is 0 Å². The quantitative estimate of drug-likeness (QED) is 0.740. The molecular formula is C15H12F3N3. The third-order valence-corrected chi connectivity index (χ3v) is 3.38. The predicted molar refractivity (Wildman–Crippen MR) is 75.6 cm³/mol. The highest BCUT2D eigenvalue weighted by Gasteiger charge is 2.31. The van der Waals surface area contributed by atoms with Crippen LogP contribution in [0.4, 0.5) is 18.9 Å². The number of nitrogens with two attached hydrogens (primary N) is 1. The van der Waals surface area contributed by atoms with E-state index in [0.29, 0.717) is 22.3 Å². The van der Waals surface area contributed by atoms with E-state index in [1.807, 2.05) is 0 Å². The van der Waals surface area contributed by atoms with Gasteiger partial charge in [-0.05, 0) is 24.3 Å². The summed E-state index contributed by atoms with van der Waals surface area (Å²) in [6.45, 7) is 0. The monoisotopic (exact) mass is 291 g/mol. The molecule has 0 fully saturated rings. The van der Waals surface area contributed by atoms with Gasteiger partial charge < -0.3 is 10.3 Å². The van der Waals surface area contributed by atoms with Crippen molar-refractivity contribution in [1.29, 1.82) is 0 Å². The Morgan fingerprint density at radius 3 is 2.57 bits per heavy atom. The molecule has 0 aliphatic carbocycles. The minimum absolute atomic E-state index is 0.504. The molecule has 3 rings (SSSR count). The van der Waals surface area contributed by atoms with Crippen molar-refractivity contribution < 1.29 is 13.2 Å². The van der Waals surface area contributed by atoms with Gasteiger partial charge >= 0.3 is 6.18 Å². The number of halogens is 3. The van der Waals surface area contributed by atoms with Crippen LogP contribution < -0.4 is 5.73 Å². The van der Waals surface area contributed by atoms with Crippen LogP contribution in [0.2, 0.25) is 0 Å². The highest BCUT2D eigenvalue weighted by atomic mass is 19.4. The van der Waals surface area contributed by atoms with Crippen LogP contribution in [0.15, 0.2) is 42.7 Å². The molecule has 0 saturated carbocycles. The van der Waals surface area contributed by atoms with Crippen LogP contribution in [0.3, 0.4) is 0 Å². The molecule has 3 nitrogen and oxygen atoms in total. The minimum Gasteiger partial charge on any atom is -0.399 e. The van der Waals surface area contributed by atoms with Crippen molar-refractivity contribution in [2.45, 2.75) is 6.18 Å². The molecule has 0 radical (unpaired) electrons. The Labute approximate surface area is 118 Å². The lowest BCUT2D eigenvalue weighted by Gasteiger charge is -2.07. The van der Waals surface area contributed by atoms with Gasteiger partial charge in [-0.2, -0.15) is 13.2 Å². The summed E-state index contributed by atoms with van der Waals surface area (Å²) in [6, 6.07) is 7.06. The summed E-state index contributed by atoms with van der Waals surface area (Å²) in [4.78, 5) is 4.23. The van der Waals surface area contributed by atoms with Crippen molar-refractivity contribution in [3.05, 3.63) is 48.3 Å². The van der Waals surface area contributed by atoms with Crippen molar-refractivity contribution in [2.24, 2.45) is 7.05 Å². The van der Waals surface area contributed by atoms with Crippen molar-refractivity contribution in [3.8, 4) is 11.3 Å². The van der Waals surface area contributed by atoms with Gasteiger partial charge in [-0.15, -0.1) is 0 Å². The average Bonchev–Trinajstić information content (AvgIpc) is 2.75. The lowest BCUT2D eigenvalue weighted by Crippen LogP contribution is -2.04. The van der Waals surface area contributed by atoms with Crippen molar-refractivity contribution in [3.63, 3.8) is 0 Å². The van der Waals surface area contributed by atoms with Crippen LogP contribution in [-0.2, 0) is 13.2 Å². The Hall–Kier alpha value is -2.50. The Bertz CT molecular complexity index is 819. The largest absolute Gasteiger partial charge is 0.416 e. The molecule has 2 N–H and O–H groups in total. The molecular weight excluding hydrogens is 279 g/mol. The first-order valence-electron chi connectivity index (χ1n) is 6.24.